The summed E-state index contributed by atoms with van der Waals surface area (Å²) in [5, 5.41) is 10.5. The molecule has 0 saturated carbocycles. The minimum atomic E-state index is 0.255. The van der Waals surface area contributed by atoms with Gasteiger partial charge in [-0.05, 0) is 5.41 Å². The van der Waals surface area contributed by atoms with Gasteiger partial charge < -0.3 is 10.0 Å². The van der Waals surface area contributed by atoms with Crippen LogP contribution in [0.4, 0.5) is 0 Å². The number of rotatable bonds is 2. The molecule has 0 unspecified atom stereocenters. The van der Waals surface area contributed by atoms with Crippen molar-refractivity contribution in [3.63, 3.8) is 0 Å². The fourth-order valence-electron chi connectivity index (χ4n) is 0.578. The molecule has 46 valence electrons. The molecule has 0 radical (unpaired) electrons. The van der Waals surface area contributed by atoms with E-state index in [9.17, 15) is 0 Å². The molecule has 0 aromatic carbocycles. The molecule has 1 aliphatic rings. The number of hydrogen-bond donors (Lipinski definition) is 1. The molecule has 0 bridgehead atoms. The number of nitrogens with zero attached hydrogens (tertiary/aromatic N) is 1. The van der Waals surface area contributed by atoms with Crippen LogP contribution >= 0.6 is 11.8 Å². The lowest BCUT2D eigenvalue weighted by molar-refractivity contribution is 0.252. The minimum Gasteiger partial charge on any atom is -0.395 e. The van der Waals surface area contributed by atoms with Gasteiger partial charge in [0.1, 0.15) is 0 Å². The molecule has 0 amide bonds. The van der Waals surface area contributed by atoms with Crippen molar-refractivity contribution < 1.29 is 5.11 Å². The highest BCUT2D eigenvalue weighted by atomic mass is 32.2. The Morgan fingerprint density at radius 2 is 2.62 bits per heavy atom. The van der Waals surface area contributed by atoms with Crippen LogP contribution in [-0.4, -0.2) is 29.0 Å². The Bertz CT molecular complexity index is 94.4. The zero-order valence-corrected chi connectivity index (χ0v) is 5.40. The quantitative estimate of drug-likeness (QED) is 0.589. The van der Waals surface area contributed by atoms with Crippen LogP contribution in [0.3, 0.4) is 0 Å². The van der Waals surface area contributed by atoms with E-state index in [1.165, 1.54) is 0 Å². The van der Waals surface area contributed by atoms with Crippen molar-refractivity contribution in [2.45, 2.75) is 0 Å². The molecule has 1 N–H and O–H groups in total. The molecule has 1 aliphatic heterocycles. The first-order valence-corrected chi connectivity index (χ1v) is 3.61. The topological polar surface area (TPSA) is 23.5 Å². The smallest absolute Gasteiger partial charge is 0.0676 e. The van der Waals surface area contributed by atoms with Crippen LogP contribution in [0.15, 0.2) is 11.6 Å². The first-order chi connectivity index (χ1) is 3.93. The van der Waals surface area contributed by atoms with Crippen molar-refractivity contribution in [2.24, 2.45) is 0 Å². The second kappa shape index (κ2) is 2.99. The van der Waals surface area contributed by atoms with Crippen LogP contribution in [0.5, 0.6) is 0 Å². The van der Waals surface area contributed by atoms with E-state index in [0.29, 0.717) is 0 Å². The van der Waals surface area contributed by atoms with Gasteiger partial charge in [0.15, 0.2) is 0 Å². The monoisotopic (exact) mass is 131 g/mol. The fraction of sp³-hybridized carbons (Fsp3) is 0.600. The molecule has 0 spiro atoms. The van der Waals surface area contributed by atoms with Crippen LogP contribution < -0.4 is 0 Å². The lowest BCUT2D eigenvalue weighted by Crippen LogP contribution is -2.17. The Kier molecular flexibility index (Phi) is 2.24. The third-order valence-corrected chi connectivity index (χ3v) is 1.79. The predicted octanol–water partition coefficient (Wildman–Crippen LogP) is 0.456. The maximum atomic E-state index is 8.44. The van der Waals surface area contributed by atoms with Gasteiger partial charge in [-0.1, -0.05) is 0 Å². The van der Waals surface area contributed by atoms with E-state index in [2.05, 4.69) is 4.90 Å². The number of β-amino-alcohol motifs (C(OH)–C–C–N with tert-alkyl or cyclic N) is 1. The Morgan fingerprint density at radius 1 is 1.75 bits per heavy atom. The van der Waals surface area contributed by atoms with Gasteiger partial charge in [-0.2, -0.15) is 0 Å². The van der Waals surface area contributed by atoms with Gasteiger partial charge >= 0.3 is 0 Å². The van der Waals surface area contributed by atoms with Crippen LogP contribution in [0.2, 0.25) is 0 Å². The minimum absolute atomic E-state index is 0.255. The van der Waals surface area contributed by atoms with E-state index in [1.54, 1.807) is 11.8 Å². The summed E-state index contributed by atoms with van der Waals surface area (Å²) in [6, 6.07) is 0. The first kappa shape index (κ1) is 5.98. The van der Waals surface area contributed by atoms with Gasteiger partial charge in [-0.3, -0.25) is 0 Å². The molecule has 0 saturated heterocycles. The average Bonchev–Trinajstić information content (AvgIpc) is 2.19. The maximum absolute atomic E-state index is 8.44. The van der Waals surface area contributed by atoms with E-state index in [0.717, 1.165) is 12.4 Å². The standard InChI is InChI=1S/C5H9NOS/c7-3-1-6-2-4-8-5-6/h2,4,7H,1,3,5H2. The van der Waals surface area contributed by atoms with Gasteiger partial charge in [0.25, 0.3) is 0 Å². The molecular formula is C5H9NOS. The number of aliphatic hydroxyl groups excluding tert-OH is 1. The molecule has 2 nitrogen and oxygen atoms in total. The molecule has 0 aliphatic carbocycles. The second-order valence-electron chi connectivity index (χ2n) is 1.62. The van der Waals surface area contributed by atoms with E-state index < -0.39 is 0 Å². The summed E-state index contributed by atoms with van der Waals surface area (Å²) in [5.74, 6) is 1.00. The van der Waals surface area contributed by atoms with E-state index in [1.807, 2.05) is 11.6 Å². The Labute approximate surface area is 53.2 Å². The van der Waals surface area contributed by atoms with E-state index >= 15 is 0 Å². The highest BCUT2D eigenvalue weighted by Crippen LogP contribution is 2.13. The van der Waals surface area contributed by atoms with Crippen LogP contribution in [0.1, 0.15) is 0 Å². The highest BCUT2D eigenvalue weighted by molar-refractivity contribution is 8.02. The Morgan fingerprint density at radius 3 is 3.12 bits per heavy atom. The molecule has 3 heteroatoms. The third-order valence-electron chi connectivity index (χ3n) is 0.995. The molecule has 1 heterocycles. The number of thioether (sulfide) groups is 1. The molecule has 0 aromatic heterocycles. The molecule has 0 atom stereocenters. The van der Waals surface area contributed by atoms with Gasteiger partial charge in [0.05, 0.1) is 12.5 Å². The zero-order valence-electron chi connectivity index (χ0n) is 4.58. The Balaban J connectivity index is 2.16. The third kappa shape index (κ3) is 1.42. The summed E-state index contributed by atoms with van der Waals surface area (Å²) in [6.45, 7) is 1.02. The van der Waals surface area contributed by atoms with Crippen molar-refractivity contribution in [3.8, 4) is 0 Å². The SMILES string of the molecule is OCCN1C=CSC1. The van der Waals surface area contributed by atoms with Crippen LogP contribution in [0, 0.1) is 0 Å². The summed E-state index contributed by atoms with van der Waals surface area (Å²) >= 11 is 1.76. The van der Waals surface area contributed by atoms with Crippen molar-refractivity contribution in [2.75, 3.05) is 19.0 Å². The maximum Gasteiger partial charge on any atom is 0.0676 e. The average molecular weight is 131 g/mol. The van der Waals surface area contributed by atoms with Crippen molar-refractivity contribution in [3.05, 3.63) is 11.6 Å². The summed E-state index contributed by atoms with van der Waals surface area (Å²) < 4.78 is 0. The summed E-state index contributed by atoms with van der Waals surface area (Å²) in [4.78, 5) is 2.07. The highest BCUT2D eigenvalue weighted by Gasteiger charge is 2.00. The predicted molar refractivity (Wildman–Crippen MR) is 35.4 cm³/mol. The molecule has 1 rings (SSSR count). The second-order valence-corrected chi connectivity index (χ2v) is 2.48. The van der Waals surface area contributed by atoms with Crippen molar-refractivity contribution in [1.82, 2.24) is 4.90 Å². The molecule has 8 heavy (non-hydrogen) atoms. The fourth-order valence-corrected chi connectivity index (χ4v) is 1.33. The first-order valence-electron chi connectivity index (χ1n) is 2.56. The lowest BCUT2D eigenvalue weighted by Gasteiger charge is -2.10. The summed E-state index contributed by atoms with van der Waals surface area (Å²) in [6.07, 6.45) is 2.00. The van der Waals surface area contributed by atoms with Crippen molar-refractivity contribution in [1.29, 1.82) is 0 Å². The molecular weight excluding hydrogens is 122 g/mol. The summed E-state index contributed by atoms with van der Waals surface area (Å²) in [5.41, 5.74) is 0. The largest absolute Gasteiger partial charge is 0.395 e. The van der Waals surface area contributed by atoms with Gasteiger partial charge in [0.2, 0.25) is 0 Å². The van der Waals surface area contributed by atoms with Gasteiger partial charge in [0, 0.05) is 12.7 Å². The Hall–Kier alpha value is -0.150. The normalized spacial score (nSPS) is 17.9. The van der Waals surface area contributed by atoms with E-state index in [-0.39, 0.29) is 6.61 Å². The summed E-state index contributed by atoms with van der Waals surface area (Å²) in [7, 11) is 0. The van der Waals surface area contributed by atoms with Crippen molar-refractivity contribution >= 4 is 11.8 Å². The molecule has 0 aromatic rings. The van der Waals surface area contributed by atoms with Crippen LogP contribution in [-0.2, 0) is 0 Å². The van der Waals surface area contributed by atoms with Gasteiger partial charge in [-0.25, -0.2) is 0 Å². The van der Waals surface area contributed by atoms with E-state index in [4.69, 9.17) is 5.11 Å². The molecule has 0 fully saturated rings. The zero-order chi connectivity index (χ0) is 5.82. The van der Waals surface area contributed by atoms with Gasteiger partial charge in [-0.15, -0.1) is 11.8 Å². The number of aliphatic hydroxyl groups is 1. The number of hydrogen-bond acceptors (Lipinski definition) is 3. The van der Waals surface area contributed by atoms with Crippen LogP contribution in [0.25, 0.3) is 0 Å². The lowest BCUT2D eigenvalue weighted by atomic mass is 10.6.